The Morgan fingerprint density at radius 3 is 1.84 bits per heavy atom. The van der Waals surface area contributed by atoms with Crippen LogP contribution in [0.3, 0.4) is 0 Å². The highest BCUT2D eigenvalue weighted by atomic mass is 32.1. The summed E-state index contributed by atoms with van der Waals surface area (Å²) < 4.78 is 13.9. The van der Waals surface area contributed by atoms with Crippen molar-refractivity contribution in [2.24, 2.45) is 0 Å². The Labute approximate surface area is 271 Å². The second-order valence-electron chi connectivity index (χ2n) is 11.6. The minimum atomic E-state index is 0.0235. The third-order valence-electron chi connectivity index (χ3n) is 8.53. The lowest BCUT2D eigenvalue weighted by Crippen LogP contribution is -1.98. The van der Waals surface area contributed by atoms with Crippen molar-refractivity contribution in [3.63, 3.8) is 0 Å². The molecular formula is C40H41NO3S. The number of aliphatic hydroxyl groups is 1. The number of aromatic nitrogens is 1. The maximum Gasteiger partial charge on any atom is 0.119 e. The quantitative estimate of drug-likeness (QED) is 0.0947. The van der Waals surface area contributed by atoms with E-state index in [9.17, 15) is 5.11 Å². The van der Waals surface area contributed by atoms with E-state index < -0.39 is 0 Å². The van der Waals surface area contributed by atoms with E-state index in [4.69, 9.17) is 9.47 Å². The molecule has 230 valence electrons. The van der Waals surface area contributed by atoms with Crippen LogP contribution >= 0.6 is 12.6 Å². The van der Waals surface area contributed by atoms with Crippen LogP contribution < -0.4 is 9.47 Å². The second-order valence-corrected chi connectivity index (χ2v) is 12.0. The third kappa shape index (κ3) is 7.06. The van der Waals surface area contributed by atoms with Crippen LogP contribution in [0.1, 0.15) is 44.1 Å². The van der Waals surface area contributed by atoms with Gasteiger partial charge in [0.25, 0.3) is 0 Å². The standard InChI is InChI=1S/C40H41NO3S/c1-43-36-13-9-12-31(25-36)33-15-21-40-38(27-33)37-26-32(30-11-8-10-29(24-30)28-42)14-20-39(37)41(40)34-16-18-35(19-17-34)44-22-6-4-2-3-5-7-23-45/h8-21,24-27,42,45H,2-7,22-23,28H2,1H3. The van der Waals surface area contributed by atoms with Crippen molar-refractivity contribution in [3.8, 4) is 39.4 Å². The van der Waals surface area contributed by atoms with Crippen molar-refractivity contribution in [1.29, 1.82) is 0 Å². The number of nitrogens with zero attached hydrogens (tertiary/aromatic N) is 1. The SMILES string of the molecule is COc1cccc(-c2ccc3c(c2)c2cc(-c4cccc(CO)c4)ccc2n3-c2ccc(OCCCCCCCCS)cc2)c1. The maximum atomic E-state index is 9.73. The van der Waals surface area contributed by atoms with Gasteiger partial charge in [-0.3, -0.25) is 0 Å². The Balaban J connectivity index is 1.34. The summed E-state index contributed by atoms with van der Waals surface area (Å²) in [4.78, 5) is 0. The van der Waals surface area contributed by atoms with Crippen molar-refractivity contribution < 1.29 is 14.6 Å². The highest BCUT2D eigenvalue weighted by molar-refractivity contribution is 7.80. The van der Waals surface area contributed by atoms with Crippen LogP contribution in [0.25, 0.3) is 49.7 Å². The molecule has 0 aliphatic rings. The Morgan fingerprint density at radius 1 is 0.600 bits per heavy atom. The fourth-order valence-electron chi connectivity index (χ4n) is 6.11. The van der Waals surface area contributed by atoms with Gasteiger partial charge in [-0.25, -0.2) is 0 Å². The molecule has 0 saturated carbocycles. The van der Waals surface area contributed by atoms with E-state index in [0.717, 1.165) is 74.8 Å². The molecule has 1 aromatic heterocycles. The Kier molecular flexibility index (Phi) is 10.1. The van der Waals surface area contributed by atoms with E-state index in [1.807, 2.05) is 24.3 Å². The summed E-state index contributed by atoms with van der Waals surface area (Å²) in [5.41, 5.74) is 8.74. The van der Waals surface area contributed by atoms with Crippen molar-refractivity contribution >= 4 is 34.4 Å². The highest BCUT2D eigenvalue weighted by Gasteiger charge is 2.15. The molecule has 5 aromatic carbocycles. The summed E-state index contributed by atoms with van der Waals surface area (Å²) in [6.45, 7) is 0.768. The largest absolute Gasteiger partial charge is 0.497 e. The predicted octanol–water partition coefficient (Wildman–Crippen LogP) is 10.3. The van der Waals surface area contributed by atoms with Crippen LogP contribution in [0.15, 0.2) is 109 Å². The Bertz CT molecular complexity index is 1770. The summed E-state index contributed by atoms with van der Waals surface area (Å²) in [6.07, 6.45) is 7.31. The molecule has 6 aromatic rings. The number of thiol groups is 1. The molecule has 6 rings (SSSR count). The average molecular weight is 616 g/mol. The molecule has 1 heterocycles. The summed E-state index contributed by atoms with van der Waals surface area (Å²) in [7, 11) is 1.70. The van der Waals surface area contributed by atoms with E-state index in [1.54, 1.807) is 7.11 Å². The topological polar surface area (TPSA) is 43.6 Å². The average Bonchev–Trinajstić information content (AvgIpc) is 3.42. The number of hydrogen-bond donors (Lipinski definition) is 2. The summed E-state index contributed by atoms with van der Waals surface area (Å²) in [6, 6.07) is 38.1. The molecule has 0 spiro atoms. The van der Waals surface area contributed by atoms with E-state index in [0.29, 0.717) is 0 Å². The van der Waals surface area contributed by atoms with Gasteiger partial charge in [0.15, 0.2) is 0 Å². The van der Waals surface area contributed by atoms with Gasteiger partial charge in [0.2, 0.25) is 0 Å². The van der Waals surface area contributed by atoms with Gasteiger partial charge in [0, 0.05) is 16.5 Å². The van der Waals surface area contributed by atoms with Crippen LogP contribution in [0.2, 0.25) is 0 Å². The number of aliphatic hydroxyl groups excluding tert-OH is 1. The van der Waals surface area contributed by atoms with Crippen LogP contribution in [-0.2, 0) is 6.61 Å². The lowest BCUT2D eigenvalue weighted by atomic mass is 9.99. The van der Waals surface area contributed by atoms with Gasteiger partial charge in [-0.2, -0.15) is 12.6 Å². The zero-order valence-electron chi connectivity index (χ0n) is 25.9. The van der Waals surface area contributed by atoms with Gasteiger partial charge >= 0.3 is 0 Å². The molecule has 0 aliphatic heterocycles. The lowest BCUT2D eigenvalue weighted by molar-refractivity contribution is 0.282. The molecular weight excluding hydrogens is 575 g/mol. The van der Waals surface area contributed by atoms with Crippen LogP contribution in [0.5, 0.6) is 11.5 Å². The molecule has 0 radical (unpaired) electrons. The van der Waals surface area contributed by atoms with Crippen LogP contribution in [-0.4, -0.2) is 29.1 Å². The van der Waals surface area contributed by atoms with E-state index in [-0.39, 0.29) is 6.61 Å². The van der Waals surface area contributed by atoms with Crippen molar-refractivity contribution in [2.75, 3.05) is 19.5 Å². The van der Waals surface area contributed by atoms with Gasteiger partial charge in [0.05, 0.1) is 31.4 Å². The first-order valence-electron chi connectivity index (χ1n) is 16.0. The van der Waals surface area contributed by atoms with E-state index >= 15 is 0 Å². The second kappa shape index (κ2) is 14.7. The fourth-order valence-corrected chi connectivity index (χ4v) is 6.34. The Morgan fingerprint density at radius 2 is 1.20 bits per heavy atom. The lowest BCUT2D eigenvalue weighted by Gasteiger charge is -2.11. The molecule has 5 heteroatoms. The molecule has 0 fully saturated rings. The number of methoxy groups -OCH3 is 1. The summed E-state index contributed by atoms with van der Waals surface area (Å²) in [5, 5.41) is 12.1. The van der Waals surface area contributed by atoms with Gasteiger partial charge in [-0.05, 0) is 113 Å². The first kappa shape index (κ1) is 30.8. The van der Waals surface area contributed by atoms with Gasteiger partial charge in [-0.15, -0.1) is 0 Å². The number of unbranched alkanes of at least 4 members (excludes halogenated alkanes) is 5. The molecule has 0 amide bonds. The zero-order valence-corrected chi connectivity index (χ0v) is 26.8. The summed E-state index contributed by atoms with van der Waals surface area (Å²) >= 11 is 4.30. The molecule has 0 bridgehead atoms. The van der Waals surface area contributed by atoms with Crippen molar-refractivity contribution in [3.05, 3.63) is 115 Å². The van der Waals surface area contributed by atoms with E-state index in [2.05, 4.69) is 102 Å². The molecule has 0 saturated heterocycles. The summed E-state index contributed by atoms with van der Waals surface area (Å²) in [5.74, 6) is 2.73. The maximum absolute atomic E-state index is 9.73. The smallest absolute Gasteiger partial charge is 0.119 e. The molecule has 45 heavy (non-hydrogen) atoms. The molecule has 0 atom stereocenters. The van der Waals surface area contributed by atoms with Crippen molar-refractivity contribution in [1.82, 2.24) is 4.57 Å². The molecule has 0 unspecified atom stereocenters. The number of benzene rings is 5. The molecule has 1 N–H and O–H groups in total. The minimum absolute atomic E-state index is 0.0235. The first-order chi connectivity index (χ1) is 22.2. The highest BCUT2D eigenvalue weighted by Crippen LogP contribution is 2.38. The fraction of sp³-hybridized carbons (Fsp3) is 0.250. The Hall–Kier alpha value is -4.19. The van der Waals surface area contributed by atoms with E-state index in [1.165, 1.54) is 42.9 Å². The van der Waals surface area contributed by atoms with Crippen LogP contribution in [0, 0.1) is 0 Å². The number of fused-ring (bicyclic) bond motifs is 3. The van der Waals surface area contributed by atoms with Crippen LogP contribution in [0.4, 0.5) is 0 Å². The number of ether oxygens (including phenoxy) is 2. The zero-order chi connectivity index (χ0) is 31.0. The van der Waals surface area contributed by atoms with Gasteiger partial charge in [-0.1, -0.05) is 68.1 Å². The van der Waals surface area contributed by atoms with Crippen molar-refractivity contribution in [2.45, 2.75) is 45.1 Å². The number of hydrogen-bond acceptors (Lipinski definition) is 4. The number of rotatable bonds is 14. The first-order valence-corrected chi connectivity index (χ1v) is 16.6. The third-order valence-corrected chi connectivity index (χ3v) is 8.84. The monoisotopic (exact) mass is 615 g/mol. The normalized spacial score (nSPS) is 11.4. The predicted molar refractivity (Wildman–Crippen MR) is 191 cm³/mol. The van der Waals surface area contributed by atoms with Gasteiger partial charge < -0.3 is 19.1 Å². The minimum Gasteiger partial charge on any atom is -0.497 e. The molecule has 4 nitrogen and oxygen atoms in total. The molecule has 0 aliphatic carbocycles. The van der Waals surface area contributed by atoms with Gasteiger partial charge in [0.1, 0.15) is 11.5 Å².